The molecule has 0 heterocycles. The first kappa shape index (κ1) is 27.4. The topological polar surface area (TPSA) is 70.7 Å². The first-order chi connectivity index (χ1) is 17.5. The summed E-state index contributed by atoms with van der Waals surface area (Å²) in [6, 6.07) is 21.4. The Kier molecular flexibility index (Phi) is 10.9. The Labute approximate surface area is 222 Å². The van der Waals surface area contributed by atoms with Gasteiger partial charge in [-0.25, -0.2) is 4.79 Å². The molecular formula is C28H31Cl2N3O3. The van der Waals surface area contributed by atoms with Crippen molar-refractivity contribution < 1.29 is 14.3 Å². The number of anilines is 2. The lowest BCUT2D eigenvalue weighted by Gasteiger charge is -2.24. The van der Waals surface area contributed by atoms with E-state index >= 15 is 0 Å². The second kappa shape index (κ2) is 14.4. The highest BCUT2D eigenvalue weighted by atomic mass is 35.5. The number of benzene rings is 3. The molecule has 6 nitrogen and oxygen atoms in total. The molecule has 8 heteroatoms. The molecule has 0 saturated heterocycles. The van der Waals surface area contributed by atoms with Gasteiger partial charge in [-0.1, -0.05) is 61.2 Å². The smallest absolute Gasteiger partial charge is 0.326 e. The third-order valence-corrected chi connectivity index (χ3v) is 6.17. The molecule has 0 fully saturated rings. The minimum atomic E-state index is -0.320. The Morgan fingerprint density at radius 2 is 1.58 bits per heavy atom. The molecule has 3 aromatic carbocycles. The second-order valence-electron chi connectivity index (χ2n) is 8.28. The summed E-state index contributed by atoms with van der Waals surface area (Å²) < 4.78 is 5.87. The van der Waals surface area contributed by atoms with E-state index in [9.17, 15) is 9.59 Å². The number of nitrogens with one attached hydrogen (secondary N) is 2. The highest BCUT2D eigenvalue weighted by Crippen LogP contribution is 2.27. The van der Waals surface area contributed by atoms with Crippen molar-refractivity contribution in [3.8, 4) is 11.5 Å². The zero-order valence-electron chi connectivity index (χ0n) is 20.3. The van der Waals surface area contributed by atoms with Crippen molar-refractivity contribution in [3.05, 3.63) is 82.8 Å². The zero-order chi connectivity index (χ0) is 25.8. The highest BCUT2D eigenvalue weighted by Gasteiger charge is 2.17. The number of amides is 3. The van der Waals surface area contributed by atoms with Crippen LogP contribution in [0.25, 0.3) is 0 Å². The maximum Gasteiger partial charge on any atom is 0.326 e. The Morgan fingerprint density at radius 3 is 2.28 bits per heavy atom. The van der Waals surface area contributed by atoms with Gasteiger partial charge in [0, 0.05) is 30.9 Å². The van der Waals surface area contributed by atoms with Crippen LogP contribution in [0.1, 0.15) is 39.0 Å². The number of rotatable bonds is 12. The summed E-state index contributed by atoms with van der Waals surface area (Å²) in [5.74, 6) is 1.43. The van der Waals surface area contributed by atoms with E-state index in [-0.39, 0.29) is 11.9 Å². The summed E-state index contributed by atoms with van der Waals surface area (Å²) in [7, 11) is 0. The zero-order valence-corrected chi connectivity index (χ0v) is 21.8. The van der Waals surface area contributed by atoms with Gasteiger partial charge in [-0.2, -0.15) is 0 Å². The first-order valence-corrected chi connectivity index (χ1v) is 12.8. The lowest BCUT2D eigenvalue weighted by Crippen LogP contribution is -2.37. The molecule has 190 valence electrons. The van der Waals surface area contributed by atoms with E-state index in [2.05, 4.69) is 17.6 Å². The minimum absolute atomic E-state index is 0.0395. The standard InChI is InChI=1S/C28H31Cl2N3O3/c1-2-3-5-11-27(34)31-18-8-19-33(28(35)32-21-12-17-25(29)26(30)20-21)22-13-15-24(16-14-22)36-23-9-6-4-7-10-23/h4,6-7,9-10,12-17,20H,2-3,5,8,11,18-19H2,1H3,(H,31,34)(H,32,35). The molecule has 0 atom stereocenters. The third-order valence-electron chi connectivity index (χ3n) is 5.43. The van der Waals surface area contributed by atoms with Crippen molar-refractivity contribution in [1.29, 1.82) is 0 Å². The van der Waals surface area contributed by atoms with Crippen LogP contribution < -0.4 is 20.3 Å². The van der Waals surface area contributed by atoms with E-state index in [0.717, 1.165) is 25.0 Å². The molecular weight excluding hydrogens is 497 g/mol. The molecule has 36 heavy (non-hydrogen) atoms. The molecule has 2 N–H and O–H groups in total. The van der Waals surface area contributed by atoms with Crippen molar-refractivity contribution in [3.63, 3.8) is 0 Å². The van der Waals surface area contributed by atoms with Crippen LogP contribution in [0.5, 0.6) is 11.5 Å². The maximum atomic E-state index is 13.2. The van der Waals surface area contributed by atoms with Gasteiger partial charge >= 0.3 is 6.03 Å². The van der Waals surface area contributed by atoms with Crippen molar-refractivity contribution in [2.24, 2.45) is 0 Å². The summed E-state index contributed by atoms with van der Waals surface area (Å²) in [5.41, 5.74) is 1.23. The van der Waals surface area contributed by atoms with Gasteiger partial charge in [0.05, 0.1) is 10.0 Å². The minimum Gasteiger partial charge on any atom is -0.457 e. The molecule has 0 aliphatic carbocycles. The second-order valence-corrected chi connectivity index (χ2v) is 9.09. The number of nitrogens with zero attached hydrogens (tertiary/aromatic N) is 1. The van der Waals surface area contributed by atoms with Gasteiger partial charge in [0.25, 0.3) is 0 Å². The third kappa shape index (κ3) is 8.77. The molecule has 3 amide bonds. The van der Waals surface area contributed by atoms with Gasteiger partial charge in [-0.05, 0) is 67.4 Å². The maximum absolute atomic E-state index is 13.2. The number of unbranched alkanes of at least 4 members (excludes halogenated alkanes) is 2. The number of hydrogen-bond donors (Lipinski definition) is 2. The summed E-state index contributed by atoms with van der Waals surface area (Å²) in [5, 5.41) is 6.58. The van der Waals surface area contributed by atoms with E-state index in [1.165, 1.54) is 0 Å². The van der Waals surface area contributed by atoms with Crippen LogP contribution in [0.15, 0.2) is 72.8 Å². The number of halogens is 2. The number of ether oxygens (including phenoxy) is 1. The molecule has 0 aliphatic heterocycles. The quantitative estimate of drug-likeness (QED) is 0.235. The predicted molar refractivity (Wildman–Crippen MR) is 148 cm³/mol. The van der Waals surface area contributed by atoms with Gasteiger partial charge < -0.3 is 15.4 Å². The average Bonchev–Trinajstić information content (AvgIpc) is 2.88. The Balaban J connectivity index is 1.66. The molecule has 0 radical (unpaired) electrons. The number of para-hydroxylation sites is 1. The fourth-order valence-electron chi connectivity index (χ4n) is 3.52. The van der Waals surface area contributed by atoms with Crippen LogP contribution in [-0.4, -0.2) is 25.0 Å². The number of hydrogen-bond acceptors (Lipinski definition) is 3. The first-order valence-electron chi connectivity index (χ1n) is 12.1. The Bertz CT molecular complexity index is 1120. The summed E-state index contributed by atoms with van der Waals surface area (Å²) in [4.78, 5) is 26.8. The molecule has 0 aromatic heterocycles. The average molecular weight is 528 g/mol. The van der Waals surface area contributed by atoms with E-state index in [4.69, 9.17) is 27.9 Å². The lowest BCUT2D eigenvalue weighted by atomic mass is 10.2. The molecule has 3 aromatic rings. The van der Waals surface area contributed by atoms with E-state index in [1.54, 1.807) is 23.1 Å². The number of carbonyl (C=O) groups is 2. The molecule has 0 aliphatic rings. The van der Waals surface area contributed by atoms with Crippen LogP contribution in [0, 0.1) is 0 Å². The van der Waals surface area contributed by atoms with Crippen LogP contribution in [0.4, 0.5) is 16.2 Å². The number of carbonyl (C=O) groups excluding carboxylic acids is 2. The van der Waals surface area contributed by atoms with Crippen molar-refractivity contribution in [2.45, 2.75) is 39.0 Å². The summed E-state index contributed by atoms with van der Waals surface area (Å²) in [6.45, 7) is 2.99. The van der Waals surface area contributed by atoms with Crippen LogP contribution in [0.3, 0.4) is 0 Å². The Hall–Kier alpha value is -3.22. The van der Waals surface area contributed by atoms with Crippen molar-refractivity contribution >= 4 is 46.5 Å². The van der Waals surface area contributed by atoms with Gasteiger partial charge in [-0.3, -0.25) is 9.69 Å². The van der Waals surface area contributed by atoms with Crippen molar-refractivity contribution in [2.75, 3.05) is 23.3 Å². The monoisotopic (exact) mass is 527 g/mol. The van der Waals surface area contributed by atoms with E-state index < -0.39 is 0 Å². The SMILES string of the molecule is CCCCCC(=O)NCCCN(C(=O)Nc1ccc(Cl)c(Cl)c1)c1ccc(Oc2ccccc2)cc1. The predicted octanol–water partition coefficient (Wildman–Crippen LogP) is 7.91. The summed E-state index contributed by atoms with van der Waals surface area (Å²) >= 11 is 12.1. The van der Waals surface area contributed by atoms with E-state index in [1.807, 2.05) is 54.6 Å². The molecule has 3 rings (SSSR count). The van der Waals surface area contributed by atoms with Gasteiger partial charge in [0.1, 0.15) is 11.5 Å². The van der Waals surface area contributed by atoms with Gasteiger partial charge in [-0.15, -0.1) is 0 Å². The molecule has 0 bridgehead atoms. The summed E-state index contributed by atoms with van der Waals surface area (Å²) in [6.07, 6.45) is 4.12. The Morgan fingerprint density at radius 1 is 0.861 bits per heavy atom. The molecule has 0 spiro atoms. The fraction of sp³-hybridized carbons (Fsp3) is 0.286. The van der Waals surface area contributed by atoms with Crippen LogP contribution in [-0.2, 0) is 4.79 Å². The molecule has 0 saturated carbocycles. The van der Waals surface area contributed by atoms with Crippen LogP contribution in [0.2, 0.25) is 10.0 Å². The fourth-order valence-corrected chi connectivity index (χ4v) is 3.82. The molecule has 0 unspecified atom stereocenters. The lowest BCUT2D eigenvalue weighted by molar-refractivity contribution is -0.121. The largest absolute Gasteiger partial charge is 0.457 e. The van der Waals surface area contributed by atoms with Gasteiger partial charge in [0.2, 0.25) is 5.91 Å². The van der Waals surface area contributed by atoms with Crippen molar-refractivity contribution in [1.82, 2.24) is 5.32 Å². The van der Waals surface area contributed by atoms with E-state index in [0.29, 0.717) is 53.1 Å². The van der Waals surface area contributed by atoms with Crippen LogP contribution >= 0.6 is 23.2 Å². The highest BCUT2D eigenvalue weighted by molar-refractivity contribution is 6.42. The van der Waals surface area contributed by atoms with Gasteiger partial charge in [0.15, 0.2) is 0 Å². The number of urea groups is 1. The normalized spacial score (nSPS) is 10.5.